The van der Waals surface area contributed by atoms with Crippen LogP contribution in [0.1, 0.15) is 50.4 Å². The predicted molar refractivity (Wildman–Crippen MR) is 90.6 cm³/mol. The molecule has 0 aliphatic heterocycles. The van der Waals surface area contributed by atoms with Gasteiger partial charge in [-0.3, -0.25) is 4.98 Å². The van der Waals surface area contributed by atoms with Crippen molar-refractivity contribution < 1.29 is 9.84 Å². The van der Waals surface area contributed by atoms with Crippen LogP contribution in [-0.2, 0) is 17.9 Å². The lowest BCUT2D eigenvalue weighted by atomic mass is 10.1. The van der Waals surface area contributed by atoms with Crippen molar-refractivity contribution in [1.29, 1.82) is 0 Å². The molecule has 4 nitrogen and oxygen atoms in total. The number of pyridine rings is 1. The van der Waals surface area contributed by atoms with Gasteiger partial charge in [-0.1, -0.05) is 23.3 Å². The monoisotopic (exact) mass is 304 g/mol. The number of nitrogens with two attached hydrogens (primary N) is 1. The minimum atomic E-state index is 0.178. The zero-order valence-corrected chi connectivity index (χ0v) is 14.1. The molecular weight excluding hydrogens is 276 g/mol. The van der Waals surface area contributed by atoms with Gasteiger partial charge in [0.2, 0.25) is 0 Å². The first-order valence-corrected chi connectivity index (χ1v) is 7.68. The van der Waals surface area contributed by atoms with E-state index in [1.807, 2.05) is 0 Å². The van der Waals surface area contributed by atoms with Crippen molar-refractivity contribution in [2.24, 2.45) is 5.73 Å². The maximum Gasteiger partial charge on any atom is 0.141 e. The van der Waals surface area contributed by atoms with E-state index >= 15 is 0 Å². The predicted octanol–water partition coefficient (Wildman–Crippen LogP) is 3.76. The van der Waals surface area contributed by atoms with E-state index in [1.54, 1.807) is 13.1 Å². The molecule has 0 saturated heterocycles. The van der Waals surface area contributed by atoms with Crippen LogP contribution in [0.2, 0.25) is 0 Å². The van der Waals surface area contributed by atoms with Gasteiger partial charge in [-0.25, -0.2) is 0 Å². The van der Waals surface area contributed by atoms with Crippen LogP contribution in [-0.4, -0.2) is 16.7 Å². The molecule has 1 aromatic rings. The highest BCUT2D eigenvalue weighted by molar-refractivity contribution is 5.40. The van der Waals surface area contributed by atoms with Crippen molar-refractivity contribution in [3.05, 3.63) is 46.3 Å². The third kappa shape index (κ3) is 6.00. The third-order valence-corrected chi connectivity index (χ3v) is 3.53. The highest BCUT2D eigenvalue weighted by Gasteiger charge is 2.10. The van der Waals surface area contributed by atoms with Crippen molar-refractivity contribution >= 4 is 0 Å². The molecule has 0 atom stereocenters. The first-order valence-electron chi connectivity index (χ1n) is 7.68. The lowest BCUT2D eigenvalue weighted by Gasteiger charge is -2.11. The van der Waals surface area contributed by atoms with Gasteiger partial charge in [-0.15, -0.1) is 0 Å². The van der Waals surface area contributed by atoms with Crippen molar-refractivity contribution in [3.8, 4) is 5.75 Å². The summed E-state index contributed by atoms with van der Waals surface area (Å²) in [7, 11) is 0. The van der Waals surface area contributed by atoms with Gasteiger partial charge in [0.05, 0.1) is 18.9 Å². The maximum absolute atomic E-state index is 9.95. The first-order chi connectivity index (χ1) is 10.5. The van der Waals surface area contributed by atoms with E-state index < -0.39 is 0 Å². The van der Waals surface area contributed by atoms with Crippen molar-refractivity contribution in [2.45, 2.75) is 53.7 Å². The van der Waals surface area contributed by atoms with Gasteiger partial charge in [-0.05, 0) is 40.5 Å². The summed E-state index contributed by atoms with van der Waals surface area (Å²) in [5.41, 5.74) is 10.5. The fourth-order valence-corrected chi connectivity index (χ4v) is 2.10. The Morgan fingerprint density at radius 2 is 2.05 bits per heavy atom. The summed E-state index contributed by atoms with van der Waals surface area (Å²) in [6.45, 7) is 9.35. The molecular formula is C18H28N2O2. The van der Waals surface area contributed by atoms with Crippen molar-refractivity contribution in [1.82, 2.24) is 4.98 Å². The molecule has 0 fully saturated rings. The molecule has 0 aliphatic carbocycles. The van der Waals surface area contributed by atoms with E-state index in [1.165, 1.54) is 11.1 Å². The Kier molecular flexibility index (Phi) is 7.85. The van der Waals surface area contributed by atoms with Crippen LogP contribution < -0.4 is 5.73 Å². The van der Waals surface area contributed by atoms with Crippen LogP contribution in [0.3, 0.4) is 0 Å². The van der Waals surface area contributed by atoms with Crippen LogP contribution in [0, 0.1) is 6.92 Å². The molecule has 122 valence electrons. The van der Waals surface area contributed by atoms with Gasteiger partial charge >= 0.3 is 0 Å². The summed E-state index contributed by atoms with van der Waals surface area (Å²) >= 11 is 0. The zero-order chi connectivity index (χ0) is 16.5. The molecule has 0 bridgehead atoms. The lowest BCUT2D eigenvalue weighted by molar-refractivity contribution is 0.147. The molecule has 0 amide bonds. The van der Waals surface area contributed by atoms with E-state index in [9.17, 15) is 5.11 Å². The molecule has 0 saturated carbocycles. The number of hydrogen-bond acceptors (Lipinski definition) is 4. The second-order valence-electron chi connectivity index (χ2n) is 5.79. The van der Waals surface area contributed by atoms with Crippen molar-refractivity contribution in [2.75, 3.05) is 6.61 Å². The Morgan fingerprint density at radius 1 is 1.32 bits per heavy atom. The fourth-order valence-electron chi connectivity index (χ4n) is 2.10. The molecule has 0 aromatic carbocycles. The number of nitrogens with zero attached hydrogens (tertiary/aromatic N) is 1. The summed E-state index contributed by atoms with van der Waals surface area (Å²) in [5, 5.41) is 9.95. The normalized spacial score (nSPS) is 11.6. The minimum Gasteiger partial charge on any atom is -0.506 e. The summed E-state index contributed by atoms with van der Waals surface area (Å²) in [6.07, 6.45) is 8.19. The minimum absolute atomic E-state index is 0.178. The molecule has 1 heterocycles. The van der Waals surface area contributed by atoms with Gasteiger partial charge in [0.1, 0.15) is 5.75 Å². The lowest BCUT2D eigenvalue weighted by Crippen LogP contribution is -2.06. The molecule has 0 spiro atoms. The number of ether oxygens (including phenoxy) is 1. The van der Waals surface area contributed by atoms with Crippen molar-refractivity contribution in [3.63, 3.8) is 0 Å². The standard InChI is InChI=1S/C18H28N2O2/c1-13(2)6-5-7-14(3)8-9-22-12-16-11-20-15(4)18(21)17(16)10-19/h6,8,11,21H,5,7,9-10,12,19H2,1-4H3/b14-8+. The smallest absolute Gasteiger partial charge is 0.141 e. The van der Waals surface area contributed by atoms with Crippen LogP contribution in [0.15, 0.2) is 29.5 Å². The average molecular weight is 304 g/mol. The van der Waals surface area contributed by atoms with E-state index in [2.05, 4.69) is 37.9 Å². The van der Waals surface area contributed by atoms with E-state index in [4.69, 9.17) is 10.5 Å². The Balaban J connectivity index is 2.48. The SMILES string of the molecule is CC(C)=CCC/C(C)=C/COCc1cnc(C)c(O)c1CN. The Bertz CT molecular complexity index is 544. The topological polar surface area (TPSA) is 68.4 Å². The summed E-state index contributed by atoms with van der Waals surface area (Å²) < 4.78 is 5.66. The molecule has 1 aromatic heterocycles. The van der Waals surface area contributed by atoms with Crippen LogP contribution in [0.25, 0.3) is 0 Å². The number of aryl methyl sites for hydroxylation is 1. The second-order valence-corrected chi connectivity index (χ2v) is 5.79. The average Bonchev–Trinajstić information content (AvgIpc) is 2.47. The highest BCUT2D eigenvalue weighted by atomic mass is 16.5. The summed E-state index contributed by atoms with van der Waals surface area (Å²) in [6, 6.07) is 0. The zero-order valence-electron chi connectivity index (χ0n) is 14.1. The van der Waals surface area contributed by atoms with E-state index in [0.29, 0.717) is 18.9 Å². The molecule has 3 N–H and O–H groups in total. The Labute approximate surface area is 133 Å². The number of hydrogen-bond donors (Lipinski definition) is 2. The van der Waals surface area contributed by atoms with Gasteiger partial charge in [0.25, 0.3) is 0 Å². The van der Waals surface area contributed by atoms with E-state index in [-0.39, 0.29) is 12.3 Å². The third-order valence-electron chi connectivity index (χ3n) is 3.53. The number of rotatable bonds is 8. The van der Waals surface area contributed by atoms with Gasteiger partial charge in [-0.2, -0.15) is 0 Å². The first kappa shape index (κ1) is 18.4. The number of aromatic nitrogens is 1. The Hall–Kier alpha value is -1.65. The molecule has 4 heteroatoms. The molecule has 0 unspecified atom stereocenters. The Morgan fingerprint density at radius 3 is 2.68 bits per heavy atom. The van der Waals surface area contributed by atoms with Crippen LogP contribution >= 0.6 is 0 Å². The quantitative estimate of drug-likeness (QED) is 0.567. The van der Waals surface area contributed by atoms with Gasteiger partial charge in [0, 0.05) is 23.9 Å². The molecule has 0 aliphatic rings. The largest absolute Gasteiger partial charge is 0.506 e. The highest BCUT2D eigenvalue weighted by Crippen LogP contribution is 2.23. The van der Waals surface area contributed by atoms with Crippen LogP contribution in [0.5, 0.6) is 5.75 Å². The summed E-state index contributed by atoms with van der Waals surface area (Å²) in [4.78, 5) is 4.15. The maximum atomic E-state index is 9.95. The van der Waals surface area contributed by atoms with E-state index in [0.717, 1.165) is 24.0 Å². The van der Waals surface area contributed by atoms with Crippen LogP contribution in [0.4, 0.5) is 0 Å². The van der Waals surface area contributed by atoms with Gasteiger partial charge in [0.15, 0.2) is 0 Å². The summed E-state index contributed by atoms with van der Waals surface area (Å²) in [5.74, 6) is 0.178. The number of allylic oxidation sites excluding steroid dienone is 3. The second kappa shape index (κ2) is 9.38. The molecule has 1 rings (SSSR count). The molecule has 22 heavy (non-hydrogen) atoms. The van der Waals surface area contributed by atoms with Gasteiger partial charge < -0.3 is 15.6 Å². The molecule has 0 radical (unpaired) electrons. The number of aromatic hydroxyl groups is 1. The fraction of sp³-hybridized carbons (Fsp3) is 0.500.